The summed E-state index contributed by atoms with van der Waals surface area (Å²) in [5, 5.41) is 3.63. The predicted octanol–water partition coefficient (Wildman–Crippen LogP) is 3.71. The Morgan fingerprint density at radius 1 is 1.32 bits per heavy atom. The first-order chi connectivity index (χ1) is 9.26. The van der Waals surface area contributed by atoms with Crippen LogP contribution in [0.3, 0.4) is 0 Å². The van der Waals surface area contributed by atoms with E-state index in [9.17, 15) is 0 Å². The molecule has 3 atom stereocenters. The largest absolute Gasteiger partial charge is 0.373 e. The summed E-state index contributed by atoms with van der Waals surface area (Å²) in [4.78, 5) is 0. The molecule has 106 valence electrons. The Labute approximate surface area is 117 Å². The lowest BCUT2D eigenvalue weighted by atomic mass is 9.88. The van der Waals surface area contributed by atoms with Crippen molar-refractivity contribution in [3.05, 3.63) is 35.4 Å². The maximum Gasteiger partial charge on any atom is 0.0842 e. The van der Waals surface area contributed by atoms with Crippen LogP contribution in [-0.2, 0) is 11.2 Å². The van der Waals surface area contributed by atoms with Crippen molar-refractivity contribution in [2.45, 2.75) is 52.2 Å². The first-order valence-electron chi connectivity index (χ1n) is 7.69. The van der Waals surface area contributed by atoms with E-state index in [0.717, 1.165) is 26.0 Å². The Bertz CT molecular complexity index is 391. The zero-order chi connectivity index (χ0) is 13.7. The quantitative estimate of drug-likeness (QED) is 0.843. The lowest BCUT2D eigenvalue weighted by Gasteiger charge is -2.32. The van der Waals surface area contributed by atoms with Crippen molar-refractivity contribution in [2.75, 3.05) is 13.2 Å². The maximum atomic E-state index is 6.04. The molecule has 0 amide bonds. The zero-order valence-electron chi connectivity index (χ0n) is 12.5. The third-order valence-electron chi connectivity index (χ3n) is 4.36. The molecule has 2 rings (SSSR count). The van der Waals surface area contributed by atoms with Crippen LogP contribution in [0.25, 0.3) is 0 Å². The highest BCUT2D eigenvalue weighted by Crippen LogP contribution is 2.32. The Morgan fingerprint density at radius 2 is 2.11 bits per heavy atom. The molecule has 19 heavy (non-hydrogen) atoms. The maximum absolute atomic E-state index is 6.04. The Kier molecular flexibility index (Phi) is 5.41. The van der Waals surface area contributed by atoms with Gasteiger partial charge in [0.25, 0.3) is 0 Å². The van der Waals surface area contributed by atoms with Crippen molar-refractivity contribution in [2.24, 2.45) is 5.92 Å². The van der Waals surface area contributed by atoms with E-state index in [4.69, 9.17) is 4.74 Å². The standard InChI is InChI=1S/C17H27NO/c1-4-13(3)16(18-5-2)12-17-15-9-7-6-8-14(15)10-11-19-17/h6-9,13,16-18H,4-5,10-12H2,1-3H3. The summed E-state index contributed by atoms with van der Waals surface area (Å²) < 4.78 is 6.04. The van der Waals surface area contributed by atoms with E-state index >= 15 is 0 Å². The molecule has 1 heterocycles. The number of ether oxygens (including phenoxy) is 1. The molecule has 1 aromatic carbocycles. The van der Waals surface area contributed by atoms with Gasteiger partial charge in [-0.15, -0.1) is 0 Å². The summed E-state index contributed by atoms with van der Waals surface area (Å²) in [6.07, 6.45) is 3.62. The monoisotopic (exact) mass is 261 g/mol. The number of hydrogen-bond donors (Lipinski definition) is 1. The topological polar surface area (TPSA) is 21.3 Å². The Hall–Kier alpha value is -0.860. The second-order valence-electron chi connectivity index (χ2n) is 5.59. The van der Waals surface area contributed by atoms with Crippen LogP contribution in [0.2, 0.25) is 0 Å². The van der Waals surface area contributed by atoms with Crippen molar-refractivity contribution in [1.29, 1.82) is 0 Å². The Balaban J connectivity index is 2.10. The summed E-state index contributed by atoms with van der Waals surface area (Å²) >= 11 is 0. The lowest BCUT2D eigenvalue weighted by Crippen LogP contribution is -2.37. The molecule has 2 heteroatoms. The van der Waals surface area contributed by atoms with Gasteiger partial charge in [-0.1, -0.05) is 51.5 Å². The SMILES string of the molecule is CCNC(CC1OCCc2ccccc21)C(C)CC. The number of nitrogens with one attached hydrogen (secondary N) is 1. The minimum atomic E-state index is 0.267. The fourth-order valence-electron chi connectivity index (χ4n) is 2.97. The van der Waals surface area contributed by atoms with E-state index in [0.29, 0.717) is 12.0 Å². The number of fused-ring (bicyclic) bond motifs is 1. The molecule has 0 fully saturated rings. The van der Waals surface area contributed by atoms with E-state index in [-0.39, 0.29) is 6.10 Å². The van der Waals surface area contributed by atoms with Gasteiger partial charge in [0.15, 0.2) is 0 Å². The van der Waals surface area contributed by atoms with E-state index in [1.54, 1.807) is 0 Å². The molecular formula is C17H27NO. The minimum absolute atomic E-state index is 0.267. The highest BCUT2D eigenvalue weighted by atomic mass is 16.5. The average molecular weight is 261 g/mol. The predicted molar refractivity (Wildman–Crippen MR) is 80.4 cm³/mol. The van der Waals surface area contributed by atoms with E-state index < -0.39 is 0 Å². The molecule has 1 aromatic rings. The normalized spacial score (nSPS) is 21.7. The fraction of sp³-hybridized carbons (Fsp3) is 0.647. The third-order valence-corrected chi connectivity index (χ3v) is 4.36. The molecule has 2 nitrogen and oxygen atoms in total. The van der Waals surface area contributed by atoms with Crippen molar-refractivity contribution in [3.8, 4) is 0 Å². The summed E-state index contributed by atoms with van der Waals surface area (Å²) in [7, 11) is 0. The Morgan fingerprint density at radius 3 is 2.84 bits per heavy atom. The molecule has 0 bridgehead atoms. The van der Waals surface area contributed by atoms with E-state index in [1.807, 2.05) is 0 Å². The second kappa shape index (κ2) is 7.06. The van der Waals surface area contributed by atoms with Gasteiger partial charge in [-0.2, -0.15) is 0 Å². The molecule has 0 aromatic heterocycles. The van der Waals surface area contributed by atoms with Gasteiger partial charge in [0, 0.05) is 6.04 Å². The smallest absolute Gasteiger partial charge is 0.0842 e. The van der Waals surface area contributed by atoms with Gasteiger partial charge in [-0.05, 0) is 36.4 Å². The van der Waals surface area contributed by atoms with Crippen LogP contribution in [0.5, 0.6) is 0 Å². The average Bonchev–Trinajstić information content (AvgIpc) is 2.46. The van der Waals surface area contributed by atoms with Gasteiger partial charge in [0.2, 0.25) is 0 Å². The molecule has 1 aliphatic rings. The molecule has 0 saturated carbocycles. The van der Waals surface area contributed by atoms with Crippen molar-refractivity contribution >= 4 is 0 Å². The molecule has 0 aliphatic carbocycles. The number of benzene rings is 1. The molecule has 1 N–H and O–H groups in total. The second-order valence-corrected chi connectivity index (χ2v) is 5.59. The van der Waals surface area contributed by atoms with Crippen LogP contribution in [0, 0.1) is 5.92 Å². The van der Waals surface area contributed by atoms with Crippen LogP contribution in [0.15, 0.2) is 24.3 Å². The van der Waals surface area contributed by atoms with E-state index in [2.05, 4.69) is 50.4 Å². The molecule has 3 unspecified atom stereocenters. The third kappa shape index (κ3) is 3.58. The highest BCUT2D eigenvalue weighted by Gasteiger charge is 2.25. The van der Waals surface area contributed by atoms with Crippen molar-refractivity contribution < 1.29 is 4.74 Å². The summed E-state index contributed by atoms with van der Waals surface area (Å²) in [6, 6.07) is 9.30. The highest BCUT2D eigenvalue weighted by molar-refractivity contribution is 5.31. The number of rotatable bonds is 6. The molecule has 0 saturated heterocycles. The minimum Gasteiger partial charge on any atom is -0.373 e. The van der Waals surface area contributed by atoms with Gasteiger partial charge in [0.05, 0.1) is 12.7 Å². The van der Waals surface area contributed by atoms with E-state index in [1.165, 1.54) is 17.5 Å². The number of hydrogen-bond acceptors (Lipinski definition) is 2. The van der Waals surface area contributed by atoms with Crippen LogP contribution in [0.1, 0.15) is 50.8 Å². The van der Waals surface area contributed by atoms with Gasteiger partial charge >= 0.3 is 0 Å². The van der Waals surface area contributed by atoms with Crippen LogP contribution < -0.4 is 5.32 Å². The summed E-state index contributed by atoms with van der Waals surface area (Å²) in [5.74, 6) is 0.692. The van der Waals surface area contributed by atoms with Crippen molar-refractivity contribution in [3.63, 3.8) is 0 Å². The van der Waals surface area contributed by atoms with Gasteiger partial charge in [0.1, 0.15) is 0 Å². The zero-order valence-corrected chi connectivity index (χ0v) is 12.5. The summed E-state index contributed by atoms with van der Waals surface area (Å²) in [5.41, 5.74) is 2.87. The molecular weight excluding hydrogens is 234 g/mol. The van der Waals surface area contributed by atoms with Crippen LogP contribution >= 0.6 is 0 Å². The fourth-order valence-corrected chi connectivity index (χ4v) is 2.97. The van der Waals surface area contributed by atoms with Crippen molar-refractivity contribution in [1.82, 2.24) is 5.32 Å². The lowest BCUT2D eigenvalue weighted by molar-refractivity contribution is 0.0251. The van der Waals surface area contributed by atoms with Crippen LogP contribution in [0.4, 0.5) is 0 Å². The first kappa shape index (κ1) is 14.5. The molecule has 0 radical (unpaired) electrons. The molecule has 1 aliphatic heterocycles. The van der Waals surface area contributed by atoms with Gasteiger partial charge in [-0.25, -0.2) is 0 Å². The molecule has 0 spiro atoms. The summed E-state index contributed by atoms with van der Waals surface area (Å²) in [6.45, 7) is 8.68. The van der Waals surface area contributed by atoms with Gasteiger partial charge in [-0.3, -0.25) is 0 Å². The van der Waals surface area contributed by atoms with Gasteiger partial charge < -0.3 is 10.1 Å². The first-order valence-corrected chi connectivity index (χ1v) is 7.69. The van der Waals surface area contributed by atoms with Crippen LogP contribution in [-0.4, -0.2) is 19.2 Å².